The van der Waals surface area contributed by atoms with Crippen LogP contribution in [0.2, 0.25) is 0 Å². The van der Waals surface area contributed by atoms with Crippen LogP contribution >= 0.6 is 11.3 Å². The molecule has 0 saturated carbocycles. The highest BCUT2D eigenvalue weighted by molar-refractivity contribution is 7.18. The molecule has 0 fully saturated rings. The summed E-state index contributed by atoms with van der Waals surface area (Å²) >= 11 is 1.20. The number of thiophene rings is 1. The third kappa shape index (κ3) is 4.31. The lowest BCUT2D eigenvalue weighted by atomic mass is 10.1. The van der Waals surface area contributed by atoms with Crippen molar-refractivity contribution < 1.29 is 14.7 Å². The molecular formula is C23H23NO3S. The lowest BCUT2D eigenvalue weighted by Gasteiger charge is -2.24. The first-order valence-corrected chi connectivity index (χ1v) is 9.98. The fourth-order valence-corrected chi connectivity index (χ4v) is 4.07. The molecule has 0 aliphatic carbocycles. The molecule has 28 heavy (non-hydrogen) atoms. The first-order valence-electron chi connectivity index (χ1n) is 9.16. The summed E-state index contributed by atoms with van der Waals surface area (Å²) in [6, 6.07) is 19.4. The standard InChI is InChI=1S/C23H23NO3S/c1-15(2)22(25)24(14-17-9-7-8-16(3)12-17)19-13-20(28-21(19)23(26)27)18-10-5-4-6-11-18/h4-13,15H,14H2,1-3H3,(H,26,27). The summed E-state index contributed by atoms with van der Waals surface area (Å²) in [5.41, 5.74) is 3.46. The van der Waals surface area contributed by atoms with Gasteiger partial charge in [-0.05, 0) is 24.1 Å². The zero-order valence-electron chi connectivity index (χ0n) is 16.2. The molecule has 5 heteroatoms. The Labute approximate surface area is 169 Å². The number of aromatic carboxylic acids is 1. The van der Waals surface area contributed by atoms with Crippen LogP contribution in [0.5, 0.6) is 0 Å². The van der Waals surface area contributed by atoms with Gasteiger partial charge in [0.05, 0.1) is 12.2 Å². The van der Waals surface area contributed by atoms with Gasteiger partial charge < -0.3 is 10.0 Å². The third-order valence-corrected chi connectivity index (χ3v) is 5.60. The van der Waals surface area contributed by atoms with Crippen molar-refractivity contribution in [1.82, 2.24) is 0 Å². The van der Waals surface area contributed by atoms with E-state index in [1.807, 2.05) is 81.4 Å². The van der Waals surface area contributed by atoms with Crippen LogP contribution in [0, 0.1) is 12.8 Å². The number of hydrogen-bond donors (Lipinski definition) is 1. The summed E-state index contributed by atoms with van der Waals surface area (Å²) < 4.78 is 0. The van der Waals surface area contributed by atoms with E-state index < -0.39 is 5.97 Å². The fourth-order valence-electron chi connectivity index (χ4n) is 3.07. The summed E-state index contributed by atoms with van der Waals surface area (Å²) in [7, 11) is 0. The van der Waals surface area contributed by atoms with Crippen molar-refractivity contribution in [2.24, 2.45) is 5.92 Å². The van der Waals surface area contributed by atoms with Gasteiger partial charge in [-0.2, -0.15) is 0 Å². The van der Waals surface area contributed by atoms with Gasteiger partial charge >= 0.3 is 5.97 Å². The molecule has 1 amide bonds. The van der Waals surface area contributed by atoms with Crippen LogP contribution < -0.4 is 4.90 Å². The van der Waals surface area contributed by atoms with Gasteiger partial charge in [0.2, 0.25) is 5.91 Å². The van der Waals surface area contributed by atoms with Gasteiger partial charge in [0, 0.05) is 10.8 Å². The molecule has 1 heterocycles. The molecule has 1 aromatic heterocycles. The third-order valence-electron chi connectivity index (χ3n) is 4.44. The van der Waals surface area contributed by atoms with Gasteiger partial charge in [-0.15, -0.1) is 11.3 Å². The van der Waals surface area contributed by atoms with Crippen molar-refractivity contribution in [3.8, 4) is 10.4 Å². The predicted octanol–water partition coefficient (Wildman–Crippen LogP) is 5.61. The Morgan fingerprint density at radius 2 is 1.75 bits per heavy atom. The predicted molar refractivity (Wildman–Crippen MR) is 114 cm³/mol. The first kappa shape index (κ1) is 19.8. The average Bonchev–Trinajstić information content (AvgIpc) is 3.12. The van der Waals surface area contributed by atoms with Crippen LogP contribution in [0.1, 0.15) is 34.6 Å². The number of aryl methyl sites for hydroxylation is 1. The molecule has 3 rings (SSSR count). The molecule has 0 unspecified atom stereocenters. The molecule has 0 bridgehead atoms. The minimum atomic E-state index is -1.02. The highest BCUT2D eigenvalue weighted by Crippen LogP contribution is 2.38. The Morgan fingerprint density at radius 1 is 1.04 bits per heavy atom. The number of carboxylic acids is 1. The van der Waals surface area contributed by atoms with Gasteiger partial charge in [-0.1, -0.05) is 74.0 Å². The maximum Gasteiger partial charge on any atom is 0.348 e. The second-order valence-electron chi connectivity index (χ2n) is 7.06. The molecule has 0 radical (unpaired) electrons. The summed E-state index contributed by atoms with van der Waals surface area (Å²) in [5.74, 6) is -1.36. The minimum Gasteiger partial charge on any atom is -0.477 e. The number of carbonyl (C=O) groups excluding carboxylic acids is 1. The van der Waals surface area contributed by atoms with Crippen LogP contribution in [0.15, 0.2) is 60.7 Å². The van der Waals surface area contributed by atoms with E-state index in [9.17, 15) is 14.7 Å². The van der Waals surface area contributed by atoms with Crippen molar-refractivity contribution >= 4 is 28.9 Å². The number of benzene rings is 2. The number of nitrogens with zero attached hydrogens (tertiary/aromatic N) is 1. The summed E-state index contributed by atoms with van der Waals surface area (Å²) in [5, 5.41) is 9.78. The van der Waals surface area contributed by atoms with E-state index >= 15 is 0 Å². The van der Waals surface area contributed by atoms with Crippen LogP contribution in [-0.2, 0) is 11.3 Å². The Hall–Kier alpha value is -2.92. The normalized spacial score (nSPS) is 10.9. The Morgan fingerprint density at radius 3 is 2.36 bits per heavy atom. The fraction of sp³-hybridized carbons (Fsp3) is 0.217. The van der Waals surface area contributed by atoms with E-state index in [1.165, 1.54) is 11.3 Å². The van der Waals surface area contributed by atoms with Crippen molar-refractivity contribution in [3.63, 3.8) is 0 Å². The van der Waals surface area contributed by atoms with Crippen molar-refractivity contribution in [2.75, 3.05) is 4.90 Å². The minimum absolute atomic E-state index is 0.0959. The van der Waals surface area contributed by atoms with E-state index in [1.54, 1.807) is 4.90 Å². The van der Waals surface area contributed by atoms with Gasteiger partial charge in [0.1, 0.15) is 4.88 Å². The molecule has 0 saturated heterocycles. The molecule has 3 aromatic rings. The molecule has 1 N–H and O–H groups in total. The summed E-state index contributed by atoms with van der Waals surface area (Å²) in [4.78, 5) is 27.5. The lowest BCUT2D eigenvalue weighted by Crippen LogP contribution is -2.34. The number of rotatable bonds is 6. The Balaban J connectivity index is 2.09. The molecule has 2 aromatic carbocycles. The summed E-state index contributed by atoms with van der Waals surface area (Å²) in [6.45, 7) is 6.00. The molecule has 0 atom stereocenters. The van der Waals surface area contributed by atoms with Crippen LogP contribution in [0.3, 0.4) is 0 Å². The molecule has 144 valence electrons. The number of hydrogen-bond acceptors (Lipinski definition) is 3. The second kappa shape index (κ2) is 8.40. The molecular weight excluding hydrogens is 370 g/mol. The highest BCUT2D eigenvalue weighted by Gasteiger charge is 2.27. The molecule has 4 nitrogen and oxygen atoms in total. The number of anilines is 1. The van der Waals surface area contributed by atoms with Crippen molar-refractivity contribution in [2.45, 2.75) is 27.3 Å². The number of carbonyl (C=O) groups is 2. The topological polar surface area (TPSA) is 57.6 Å². The smallest absolute Gasteiger partial charge is 0.348 e. The highest BCUT2D eigenvalue weighted by atomic mass is 32.1. The maximum absolute atomic E-state index is 13.0. The summed E-state index contributed by atoms with van der Waals surface area (Å²) in [6.07, 6.45) is 0. The largest absolute Gasteiger partial charge is 0.477 e. The zero-order valence-corrected chi connectivity index (χ0v) is 17.0. The molecule has 0 spiro atoms. The van der Waals surface area contributed by atoms with E-state index in [-0.39, 0.29) is 16.7 Å². The van der Waals surface area contributed by atoms with Gasteiger partial charge in [0.15, 0.2) is 0 Å². The Kier molecular flexibility index (Phi) is 5.95. The van der Waals surface area contributed by atoms with Gasteiger partial charge in [-0.25, -0.2) is 4.79 Å². The quantitative estimate of drug-likeness (QED) is 0.592. The lowest BCUT2D eigenvalue weighted by molar-refractivity contribution is -0.121. The average molecular weight is 394 g/mol. The second-order valence-corrected chi connectivity index (χ2v) is 8.12. The number of carboxylic acid groups (broad SMARTS) is 1. The Bertz CT molecular complexity index is 992. The number of amides is 1. The maximum atomic E-state index is 13.0. The van der Waals surface area contributed by atoms with Crippen LogP contribution in [-0.4, -0.2) is 17.0 Å². The van der Waals surface area contributed by atoms with E-state index in [0.29, 0.717) is 12.2 Å². The van der Waals surface area contributed by atoms with E-state index in [0.717, 1.165) is 21.6 Å². The van der Waals surface area contributed by atoms with Crippen LogP contribution in [0.4, 0.5) is 5.69 Å². The molecule has 0 aliphatic rings. The van der Waals surface area contributed by atoms with Gasteiger partial charge in [0.25, 0.3) is 0 Å². The van der Waals surface area contributed by atoms with Crippen molar-refractivity contribution in [1.29, 1.82) is 0 Å². The van der Waals surface area contributed by atoms with Crippen LogP contribution in [0.25, 0.3) is 10.4 Å². The van der Waals surface area contributed by atoms with Gasteiger partial charge in [-0.3, -0.25) is 4.79 Å². The zero-order chi connectivity index (χ0) is 20.3. The SMILES string of the molecule is Cc1cccc(CN(C(=O)C(C)C)c2cc(-c3ccccc3)sc2C(=O)O)c1. The first-order chi connectivity index (χ1) is 13.4. The van der Waals surface area contributed by atoms with E-state index in [4.69, 9.17) is 0 Å². The molecule has 0 aliphatic heterocycles. The van der Waals surface area contributed by atoms with Crippen molar-refractivity contribution in [3.05, 3.63) is 76.7 Å². The van der Waals surface area contributed by atoms with E-state index in [2.05, 4.69) is 0 Å². The monoisotopic (exact) mass is 393 g/mol.